The molecule has 4 rings (SSSR count). The molecule has 10 heteroatoms. The Balaban J connectivity index is 1.74. The van der Waals surface area contributed by atoms with Gasteiger partial charge in [0.25, 0.3) is 5.91 Å². The molecular formula is C27H32ClN3O6. The Hall–Kier alpha value is -3.14. The number of quaternary nitrogens is 1. The number of nitrogens with one attached hydrogen (secondary N) is 2. The van der Waals surface area contributed by atoms with Crippen molar-refractivity contribution in [2.24, 2.45) is 0 Å². The maximum atomic E-state index is 13.9. The Morgan fingerprint density at radius 3 is 2.68 bits per heavy atom. The first-order valence-electron chi connectivity index (χ1n) is 12.5. The highest BCUT2D eigenvalue weighted by Gasteiger charge is 2.44. The lowest BCUT2D eigenvalue weighted by Crippen LogP contribution is -3.14. The molecule has 0 saturated carbocycles. The van der Waals surface area contributed by atoms with Gasteiger partial charge in [0, 0.05) is 29.3 Å². The highest BCUT2D eigenvalue weighted by Crippen LogP contribution is 2.40. The Labute approximate surface area is 221 Å². The molecule has 0 radical (unpaired) electrons. The maximum absolute atomic E-state index is 13.9. The van der Waals surface area contributed by atoms with Crippen molar-refractivity contribution in [2.75, 3.05) is 46.0 Å². The number of rotatable bonds is 8. The van der Waals surface area contributed by atoms with Crippen molar-refractivity contribution >= 4 is 35.0 Å². The number of H-pyrrole nitrogens is 1. The van der Waals surface area contributed by atoms with Gasteiger partial charge in [0.2, 0.25) is 5.78 Å². The zero-order chi connectivity index (χ0) is 26.7. The number of aromatic nitrogens is 1. The third-order valence-electron chi connectivity index (χ3n) is 6.97. The molecule has 2 saturated heterocycles. The number of amides is 1. The molecule has 0 spiro atoms. The highest BCUT2D eigenvalue weighted by molar-refractivity contribution is 6.46. The second kappa shape index (κ2) is 11.5. The van der Waals surface area contributed by atoms with Crippen LogP contribution in [-0.4, -0.2) is 73.5 Å². The molecule has 2 aliphatic rings. The average Bonchev–Trinajstić information content (AvgIpc) is 3.32. The third-order valence-corrected chi connectivity index (χ3v) is 7.20. The van der Waals surface area contributed by atoms with Gasteiger partial charge in [0.05, 0.1) is 32.4 Å². The van der Waals surface area contributed by atoms with Crippen LogP contribution in [0.3, 0.4) is 0 Å². The van der Waals surface area contributed by atoms with Gasteiger partial charge in [-0.2, -0.15) is 0 Å². The van der Waals surface area contributed by atoms with Crippen molar-refractivity contribution in [1.29, 1.82) is 0 Å². The van der Waals surface area contributed by atoms with Gasteiger partial charge >= 0.3 is 5.97 Å². The number of ether oxygens (including phenoxy) is 2. The molecule has 1 aromatic carbocycles. The van der Waals surface area contributed by atoms with Crippen LogP contribution >= 0.6 is 11.6 Å². The predicted molar refractivity (Wildman–Crippen MR) is 135 cm³/mol. The molecule has 198 valence electrons. The van der Waals surface area contributed by atoms with Crippen molar-refractivity contribution in [3.8, 4) is 0 Å². The van der Waals surface area contributed by atoms with Crippen molar-refractivity contribution in [3.05, 3.63) is 62.9 Å². The molecule has 2 aromatic rings. The molecule has 37 heavy (non-hydrogen) atoms. The van der Waals surface area contributed by atoms with Gasteiger partial charge in [-0.05, 0) is 49.6 Å². The molecule has 9 nitrogen and oxygen atoms in total. The number of benzene rings is 1. The lowest BCUT2D eigenvalue weighted by Gasteiger charge is -2.29. The number of morpholine rings is 1. The average molecular weight is 530 g/mol. The number of carbonyl (C=O) groups excluding carboxylic acids is 3. The zero-order valence-electron chi connectivity index (χ0n) is 21.3. The molecule has 1 unspecified atom stereocenters. The zero-order valence-corrected chi connectivity index (χ0v) is 22.1. The summed E-state index contributed by atoms with van der Waals surface area (Å²) in [6.45, 7) is 9.51. The first-order valence-corrected chi connectivity index (χ1v) is 12.9. The van der Waals surface area contributed by atoms with Gasteiger partial charge in [-0.25, -0.2) is 4.79 Å². The van der Waals surface area contributed by atoms with Gasteiger partial charge in [-0.1, -0.05) is 29.5 Å². The fourth-order valence-electron chi connectivity index (χ4n) is 5.17. The standard InChI is InChI=1S/C27H32ClN3O6/c1-4-37-27(35)22-16(2)20(17(3)29-22)24(32)21-23(18-7-5-8-19(28)15-18)31(26(34)25(21)33)10-6-9-30-11-13-36-14-12-30/h5,7-8,15,23,29,32H,4,6,9-14H2,1-3H3/b24-21+. The number of ketones is 1. The number of esters is 1. The Kier molecular flexibility index (Phi) is 8.36. The number of hydrogen-bond donors (Lipinski definition) is 2. The van der Waals surface area contributed by atoms with E-state index in [2.05, 4.69) is 4.98 Å². The number of hydrogen-bond acceptors (Lipinski definition) is 6. The van der Waals surface area contributed by atoms with Crippen LogP contribution in [0.25, 0.3) is 5.76 Å². The summed E-state index contributed by atoms with van der Waals surface area (Å²) in [6, 6.07) is 5.99. The summed E-state index contributed by atoms with van der Waals surface area (Å²) < 4.78 is 10.5. The summed E-state index contributed by atoms with van der Waals surface area (Å²) in [5.41, 5.74) is 1.62. The van der Waals surface area contributed by atoms with Gasteiger partial charge in [-0.3, -0.25) is 9.59 Å². The minimum absolute atomic E-state index is 0.133. The number of halogens is 1. The van der Waals surface area contributed by atoms with E-state index >= 15 is 0 Å². The molecule has 2 N–H and O–H groups in total. The summed E-state index contributed by atoms with van der Waals surface area (Å²) in [5.74, 6) is -2.70. The number of Topliss-reactive ketones (excluding diaryl/α,β-unsaturated/α-hetero) is 1. The smallest absolute Gasteiger partial charge is 0.355 e. The van der Waals surface area contributed by atoms with E-state index in [4.69, 9.17) is 21.1 Å². The number of aryl methyl sites for hydroxylation is 1. The second-order valence-corrected chi connectivity index (χ2v) is 9.78. The van der Waals surface area contributed by atoms with Crippen LogP contribution in [-0.2, 0) is 19.1 Å². The van der Waals surface area contributed by atoms with E-state index in [9.17, 15) is 19.5 Å². The monoisotopic (exact) mass is 529 g/mol. The van der Waals surface area contributed by atoms with Crippen molar-refractivity contribution in [2.45, 2.75) is 33.2 Å². The molecule has 1 amide bonds. The number of carbonyl (C=O) groups is 3. The van der Waals surface area contributed by atoms with E-state index in [0.29, 0.717) is 48.0 Å². The number of nitrogens with zero attached hydrogens (tertiary/aromatic N) is 1. The van der Waals surface area contributed by atoms with Crippen molar-refractivity contribution < 1.29 is 33.9 Å². The second-order valence-electron chi connectivity index (χ2n) is 9.34. The molecule has 0 bridgehead atoms. The van der Waals surface area contributed by atoms with E-state index in [1.54, 1.807) is 45.0 Å². The fourth-order valence-corrected chi connectivity index (χ4v) is 5.36. The molecule has 1 atom stereocenters. The van der Waals surface area contributed by atoms with E-state index in [1.165, 1.54) is 9.80 Å². The molecule has 3 heterocycles. The largest absolute Gasteiger partial charge is 0.872 e. The van der Waals surface area contributed by atoms with E-state index in [0.717, 1.165) is 19.6 Å². The van der Waals surface area contributed by atoms with Crippen LogP contribution in [0.4, 0.5) is 0 Å². The van der Waals surface area contributed by atoms with Gasteiger partial charge in [-0.15, -0.1) is 0 Å². The Morgan fingerprint density at radius 1 is 1.27 bits per heavy atom. The molecule has 2 aliphatic heterocycles. The molecule has 1 aromatic heterocycles. The lowest BCUT2D eigenvalue weighted by atomic mass is 9.94. The molecule has 0 aliphatic carbocycles. The minimum Gasteiger partial charge on any atom is -0.872 e. The summed E-state index contributed by atoms with van der Waals surface area (Å²) in [5, 5.41) is 14.4. The molecule has 2 fully saturated rings. The Morgan fingerprint density at radius 2 is 2.00 bits per heavy atom. The topological polar surface area (TPSA) is 116 Å². The van der Waals surface area contributed by atoms with Gasteiger partial charge in [0.1, 0.15) is 18.8 Å². The normalized spacial score (nSPS) is 20.0. The van der Waals surface area contributed by atoms with Crippen LogP contribution < -0.4 is 10.0 Å². The van der Waals surface area contributed by atoms with E-state index in [1.807, 2.05) is 0 Å². The predicted octanol–water partition coefficient (Wildman–Crippen LogP) is 0.991. The highest BCUT2D eigenvalue weighted by atomic mass is 35.5. The SMILES string of the molecule is CCOC(=O)c1[nH]c(C)c(/C([O-])=C2\C(=O)C(=O)N(CCC[NH+]3CCOCC3)C2c2cccc(Cl)c2)c1C. The summed E-state index contributed by atoms with van der Waals surface area (Å²) in [4.78, 5) is 44.7. The first kappa shape index (κ1) is 26.9. The van der Waals surface area contributed by atoms with Crippen LogP contribution in [0, 0.1) is 13.8 Å². The lowest BCUT2D eigenvalue weighted by molar-refractivity contribution is -0.908. The number of likely N-dealkylation sites (tertiary alicyclic amines) is 1. The van der Waals surface area contributed by atoms with Gasteiger partial charge in [0.15, 0.2) is 0 Å². The summed E-state index contributed by atoms with van der Waals surface area (Å²) in [7, 11) is 0. The van der Waals surface area contributed by atoms with E-state index in [-0.39, 0.29) is 23.4 Å². The minimum atomic E-state index is -0.870. The van der Waals surface area contributed by atoms with Crippen LogP contribution in [0.15, 0.2) is 29.8 Å². The summed E-state index contributed by atoms with van der Waals surface area (Å²) >= 11 is 6.26. The summed E-state index contributed by atoms with van der Waals surface area (Å²) in [6.07, 6.45) is 0.669. The fraction of sp³-hybridized carbons (Fsp3) is 0.444. The first-order chi connectivity index (χ1) is 17.7. The van der Waals surface area contributed by atoms with Crippen LogP contribution in [0.5, 0.6) is 0 Å². The van der Waals surface area contributed by atoms with Crippen molar-refractivity contribution in [1.82, 2.24) is 9.88 Å². The van der Waals surface area contributed by atoms with Crippen molar-refractivity contribution in [3.63, 3.8) is 0 Å². The maximum Gasteiger partial charge on any atom is 0.355 e. The number of aromatic amines is 1. The van der Waals surface area contributed by atoms with E-state index < -0.39 is 29.5 Å². The third kappa shape index (κ3) is 5.44. The quantitative estimate of drug-likeness (QED) is 0.228. The van der Waals surface area contributed by atoms with Gasteiger partial charge < -0.3 is 29.4 Å². The van der Waals surface area contributed by atoms with Crippen LogP contribution in [0.2, 0.25) is 5.02 Å². The Bertz CT molecular complexity index is 1230. The molecular weight excluding hydrogens is 498 g/mol. The van der Waals surface area contributed by atoms with Crippen LogP contribution in [0.1, 0.15) is 52.3 Å².